The number of hydrogen-bond acceptors (Lipinski definition) is 3. The van der Waals surface area contributed by atoms with E-state index >= 15 is 0 Å². The Bertz CT molecular complexity index is 568. The lowest BCUT2D eigenvalue weighted by molar-refractivity contribution is 0.480. The minimum atomic E-state index is 0.00504. The second-order valence-electron chi connectivity index (χ2n) is 4.07. The van der Waals surface area contributed by atoms with Gasteiger partial charge >= 0.3 is 0 Å². The number of rotatable bonds is 3. The third-order valence-electron chi connectivity index (χ3n) is 2.64. The molecule has 0 spiro atoms. The molecule has 0 aliphatic heterocycles. The summed E-state index contributed by atoms with van der Waals surface area (Å²) < 4.78 is 5.67. The maximum absolute atomic E-state index is 8.97. The van der Waals surface area contributed by atoms with Crippen molar-refractivity contribution in [3.63, 3.8) is 0 Å². The highest BCUT2D eigenvalue weighted by Gasteiger charge is 2.04. The van der Waals surface area contributed by atoms with Gasteiger partial charge in [0, 0.05) is 6.04 Å². The van der Waals surface area contributed by atoms with Crippen molar-refractivity contribution in [3.05, 3.63) is 59.7 Å². The predicted octanol–water partition coefficient (Wildman–Crippen LogP) is 3.37. The lowest BCUT2D eigenvalue weighted by Crippen LogP contribution is -2.04. The van der Waals surface area contributed by atoms with E-state index < -0.39 is 0 Å². The molecule has 0 fully saturated rings. The third-order valence-corrected chi connectivity index (χ3v) is 2.64. The van der Waals surface area contributed by atoms with Gasteiger partial charge in [-0.05, 0) is 36.8 Å². The number of nitriles is 1. The van der Waals surface area contributed by atoms with Gasteiger partial charge in [0.25, 0.3) is 0 Å². The van der Waals surface area contributed by atoms with Crippen LogP contribution in [0.4, 0.5) is 0 Å². The zero-order chi connectivity index (χ0) is 13.0. The van der Waals surface area contributed by atoms with E-state index in [9.17, 15) is 0 Å². The molecule has 0 heterocycles. The molecule has 2 aromatic rings. The van der Waals surface area contributed by atoms with Crippen molar-refractivity contribution in [1.29, 1.82) is 5.26 Å². The van der Waals surface area contributed by atoms with E-state index in [-0.39, 0.29) is 6.04 Å². The van der Waals surface area contributed by atoms with Gasteiger partial charge in [-0.2, -0.15) is 5.26 Å². The molecule has 0 radical (unpaired) electrons. The molecule has 0 aliphatic carbocycles. The summed E-state index contributed by atoms with van der Waals surface area (Å²) in [6.45, 7) is 1.93. The Labute approximate surface area is 106 Å². The van der Waals surface area contributed by atoms with Crippen LogP contribution in [0.2, 0.25) is 0 Å². The normalized spacial score (nSPS) is 11.6. The van der Waals surface area contributed by atoms with Gasteiger partial charge in [0.15, 0.2) is 0 Å². The third kappa shape index (κ3) is 2.68. The molecular formula is C15H14N2O. The van der Waals surface area contributed by atoms with Gasteiger partial charge in [-0.1, -0.05) is 24.3 Å². The van der Waals surface area contributed by atoms with Crippen LogP contribution < -0.4 is 10.5 Å². The Hall–Kier alpha value is -2.31. The summed E-state index contributed by atoms with van der Waals surface area (Å²) in [6.07, 6.45) is 0. The largest absolute Gasteiger partial charge is 0.456 e. The van der Waals surface area contributed by atoms with E-state index in [4.69, 9.17) is 15.7 Å². The monoisotopic (exact) mass is 238 g/mol. The van der Waals surface area contributed by atoms with Crippen LogP contribution >= 0.6 is 0 Å². The number of ether oxygens (including phenoxy) is 1. The van der Waals surface area contributed by atoms with Gasteiger partial charge in [-0.25, -0.2) is 0 Å². The van der Waals surface area contributed by atoms with Crippen molar-refractivity contribution in [2.75, 3.05) is 0 Å². The summed E-state index contributed by atoms with van der Waals surface area (Å²) in [6, 6.07) is 16.8. The molecule has 3 nitrogen and oxygen atoms in total. The lowest BCUT2D eigenvalue weighted by Gasteiger charge is -2.09. The highest BCUT2D eigenvalue weighted by molar-refractivity contribution is 5.45. The van der Waals surface area contributed by atoms with Crippen molar-refractivity contribution in [3.8, 4) is 17.6 Å². The molecule has 1 unspecified atom stereocenters. The number of nitrogens with two attached hydrogens (primary N) is 1. The molecule has 2 N–H and O–H groups in total. The van der Waals surface area contributed by atoms with E-state index in [1.165, 1.54) is 0 Å². The number of para-hydroxylation sites is 1. The van der Waals surface area contributed by atoms with E-state index in [1.807, 2.05) is 43.3 Å². The van der Waals surface area contributed by atoms with Gasteiger partial charge < -0.3 is 10.5 Å². The Balaban J connectivity index is 2.22. The van der Waals surface area contributed by atoms with Gasteiger partial charge in [-0.3, -0.25) is 0 Å². The van der Waals surface area contributed by atoms with Crippen molar-refractivity contribution >= 4 is 0 Å². The van der Waals surface area contributed by atoms with Crippen molar-refractivity contribution < 1.29 is 4.74 Å². The first-order valence-corrected chi connectivity index (χ1v) is 5.73. The van der Waals surface area contributed by atoms with Crippen LogP contribution in [0.1, 0.15) is 24.1 Å². The van der Waals surface area contributed by atoms with Gasteiger partial charge in [0.2, 0.25) is 0 Å². The van der Waals surface area contributed by atoms with Crippen LogP contribution in [-0.2, 0) is 0 Å². The standard InChI is InChI=1S/C15H14N2O/c1-11(17)12-6-8-14(9-7-12)18-15-5-3-2-4-13(15)10-16/h2-9,11H,17H2,1H3. The molecule has 0 amide bonds. The van der Waals surface area contributed by atoms with Gasteiger partial charge in [-0.15, -0.1) is 0 Å². The number of nitrogens with zero attached hydrogens (tertiary/aromatic N) is 1. The maximum atomic E-state index is 8.97. The first kappa shape index (κ1) is 12.2. The first-order chi connectivity index (χ1) is 8.70. The van der Waals surface area contributed by atoms with E-state index in [0.29, 0.717) is 17.1 Å². The second kappa shape index (κ2) is 5.35. The fraction of sp³-hybridized carbons (Fsp3) is 0.133. The Morgan fingerprint density at radius 1 is 1.11 bits per heavy atom. The minimum absolute atomic E-state index is 0.00504. The van der Waals surface area contributed by atoms with Crippen LogP contribution in [0.5, 0.6) is 11.5 Å². The second-order valence-corrected chi connectivity index (χ2v) is 4.07. The summed E-state index contributed by atoms with van der Waals surface area (Å²) in [4.78, 5) is 0. The SMILES string of the molecule is CC(N)c1ccc(Oc2ccccc2C#N)cc1. The van der Waals surface area contributed by atoms with Crippen LogP contribution in [-0.4, -0.2) is 0 Å². The van der Waals surface area contributed by atoms with E-state index in [0.717, 1.165) is 5.56 Å². The minimum Gasteiger partial charge on any atom is -0.456 e. The van der Waals surface area contributed by atoms with Crippen LogP contribution in [0.25, 0.3) is 0 Å². The van der Waals surface area contributed by atoms with Crippen LogP contribution in [0.3, 0.4) is 0 Å². The average molecular weight is 238 g/mol. The molecule has 90 valence electrons. The fourth-order valence-corrected chi connectivity index (χ4v) is 1.61. The zero-order valence-corrected chi connectivity index (χ0v) is 10.1. The Kier molecular flexibility index (Phi) is 3.61. The summed E-state index contributed by atoms with van der Waals surface area (Å²) in [7, 11) is 0. The molecule has 18 heavy (non-hydrogen) atoms. The summed E-state index contributed by atoms with van der Waals surface area (Å²) in [5.41, 5.74) is 7.35. The van der Waals surface area contributed by atoms with E-state index in [1.54, 1.807) is 12.1 Å². The fourth-order valence-electron chi connectivity index (χ4n) is 1.61. The molecule has 2 rings (SSSR count). The first-order valence-electron chi connectivity index (χ1n) is 5.73. The molecule has 0 bridgehead atoms. The summed E-state index contributed by atoms with van der Waals surface area (Å²) in [5, 5.41) is 8.97. The highest BCUT2D eigenvalue weighted by Crippen LogP contribution is 2.25. The predicted molar refractivity (Wildman–Crippen MR) is 70.3 cm³/mol. The quantitative estimate of drug-likeness (QED) is 0.891. The summed E-state index contributed by atoms with van der Waals surface area (Å²) in [5.74, 6) is 1.26. The molecule has 2 aromatic carbocycles. The molecule has 3 heteroatoms. The maximum Gasteiger partial charge on any atom is 0.145 e. The number of hydrogen-bond donors (Lipinski definition) is 1. The zero-order valence-electron chi connectivity index (χ0n) is 10.1. The highest BCUT2D eigenvalue weighted by atomic mass is 16.5. The topological polar surface area (TPSA) is 59.0 Å². The van der Waals surface area contributed by atoms with Crippen molar-refractivity contribution in [2.45, 2.75) is 13.0 Å². The van der Waals surface area contributed by atoms with E-state index in [2.05, 4.69) is 6.07 Å². The van der Waals surface area contributed by atoms with Gasteiger partial charge in [0.1, 0.15) is 17.6 Å². The average Bonchev–Trinajstić information content (AvgIpc) is 2.40. The smallest absolute Gasteiger partial charge is 0.145 e. The van der Waals surface area contributed by atoms with Crippen LogP contribution in [0, 0.1) is 11.3 Å². The molecule has 0 saturated heterocycles. The Morgan fingerprint density at radius 3 is 2.39 bits per heavy atom. The van der Waals surface area contributed by atoms with Crippen LogP contribution in [0.15, 0.2) is 48.5 Å². The summed E-state index contributed by atoms with van der Waals surface area (Å²) >= 11 is 0. The molecule has 0 aromatic heterocycles. The Morgan fingerprint density at radius 2 is 1.78 bits per heavy atom. The van der Waals surface area contributed by atoms with Crippen molar-refractivity contribution in [2.24, 2.45) is 5.73 Å². The lowest BCUT2D eigenvalue weighted by atomic mass is 10.1. The molecule has 0 aliphatic rings. The number of benzene rings is 2. The molecule has 1 atom stereocenters. The molecular weight excluding hydrogens is 224 g/mol. The van der Waals surface area contributed by atoms with Crippen molar-refractivity contribution in [1.82, 2.24) is 0 Å². The van der Waals surface area contributed by atoms with Gasteiger partial charge in [0.05, 0.1) is 5.56 Å². The molecule has 0 saturated carbocycles.